The van der Waals surface area contributed by atoms with Crippen LogP contribution in [0.25, 0.3) is 0 Å². The highest BCUT2D eigenvalue weighted by molar-refractivity contribution is 5.92. The minimum absolute atomic E-state index is 0. The molecule has 1 aromatic heterocycles. The second kappa shape index (κ2) is 5.13. The standard InChI is InChI=1S/C13H20N4O.ClH/c1-10-7-11(15-16(10)2)12(18)17-6-4-13(9-17)3-5-14-8-13;/h7,14H,3-6,8-9H2,1-2H3;1H. The first-order valence-corrected chi connectivity index (χ1v) is 6.60. The predicted octanol–water partition coefficient (Wildman–Crippen LogP) is 0.976. The molecule has 5 nitrogen and oxygen atoms in total. The smallest absolute Gasteiger partial charge is 0.274 e. The number of rotatable bonds is 1. The van der Waals surface area contributed by atoms with Gasteiger partial charge in [-0.1, -0.05) is 0 Å². The van der Waals surface area contributed by atoms with Gasteiger partial charge in [0.05, 0.1) is 0 Å². The Morgan fingerprint density at radius 3 is 2.84 bits per heavy atom. The fourth-order valence-corrected chi connectivity index (χ4v) is 3.08. The number of likely N-dealkylation sites (tertiary alicyclic amines) is 1. The molecule has 2 saturated heterocycles. The van der Waals surface area contributed by atoms with Crippen LogP contribution in [-0.2, 0) is 7.05 Å². The van der Waals surface area contributed by atoms with Crippen LogP contribution < -0.4 is 5.32 Å². The van der Waals surface area contributed by atoms with Gasteiger partial charge in [-0.15, -0.1) is 12.4 Å². The number of hydrogen-bond acceptors (Lipinski definition) is 3. The molecule has 2 aliphatic rings. The zero-order valence-electron chi connectivity index (χ0n) is 11.5. The Hall–Kier alpha value is -1.07. The minimum Gasteiger partial charge on any atom is -0.337 e. The van der Waals surface area contributed by atoms with E-state index < -0.39 is 0 Å². The first-order chi connectivity index (χ1) is 8.60. The van der Waals surface area contributed by atoms with Gasteiger partial charge in [0.25, 0.3) is 5.91 Å². The Kier molecular flexibility index (Phi) is 3.87. The van der Waals surface area contributed by atoms with Crippen LogP contribution >= 0.6 is 12.4 Å². The molecule has 6 heteroatoms. The molecule has 1 N–H and O–H groups in total. The maximum Gasteiger partial charge on any atom is 0.274 e. The average molecular weight is 285 g/mol. The summed E-state index contributed by atoms with van der Waals surface area (Å²) in [4.78, 5) is 14.3. The van der Waals surface area contributed by atoms with E-state index in [-0.39, 0.29) is 18.3 Å². The van der Waals surface area contributed by atoms with E-state index in [1.54, 1.807) is 4.68 Å². The predicted molar refractivity (Wildman–Crippen MR) is 75.6 cm³/mol. The molecule has 1 unspecified atom stereocenters. The monoisotopic (exact) mass is 284 g/mol. The first-order valence-electron chi connectivity index (χ1n) is 6.60. The Balaban J connectivity index is 0.00000133. The van der Waals surface area contributed by atoms with Gasteiger partial charge in [-0.25, -0.2) is 0 Å². The number of nitrogens with zero attached hydrogens (tertiary/aromatic N) is 3. The molecule has 2 fully saturated rings. The van der Waals surface area contributed by atoms with Gasteiger partial charge in [0.15, 0.2) is 5.69 Å². The van der Waals surface area contributed by atoms with Crippen LogP contribution in [0.5, 0.6) is 0 Å². The molecular formula is C13H21ClN4O. The third kappa shape index (κ3) is 2.49. The van der Waals surface area contributed by atoms with Gasteiger partial charge in [-0.3, -0.25) is 9.48 Å². The third-order valence-corrected chi connectivity index (χ3v) is 4.39. The van der Waals surface area contributed by atoms with Gasteiger partial charge in [-0.05, 0) is 32.4 Å². The third-order valence-electron chi connectivity index (χ3n) is 4.39. The number of halogens is 1. The number of carbonyl (C=O) groups excluding carboxylic acids is 1. The summed E-state index contributed by atoms with van der Waals surface area (Å²) < 4.78 is 1.76. The molecule has 1 aromatic rings. The number of amides is 1. The Bertz CT molecular complexity index is 459. The minimum atomic E-state index is 0. The van der Waals surface area contributed by atoms with E-state index in [1.807, 2.05) is 24.9 Å². The number of nitrogens with one attached hydrogen (secondary N) is 1. The molecule has 0 radical (unpaired) electrons. The van der Waals surface area contributed by atoms with Crippen molar-refractivity contribution in [2.75, 3.05) is 26.2 Å². The molecule has 0 bridgehead atoms. The van der Waals surface area contributed by atoms with Crippen LogP contribution in [0, 0.1) is 12.3 Å². The molecule has 1 atom stereocenters. The SMILES string of the molecule is Cc1cc(C(=O)N2CCC3(CCNC3)C2)nn1C.Cl. The van der Waals surface area contributed by atoms with Gasteiger partial charge in [0, 0.05) is 37.8 Å². The molecule has 3 rings (SSSR count). The van der Waals surface area contributed by atoms with Gasteiger partial charge in [0.2, 0.25) is 0 Å². The van der Waals surface area contributed by atoms with Crippen molar-refractivity contribution in [1.29, 1.82) is 0 Å². The molecule has 1 amide bonds. The fraction of sp³-hybridized carbons (Fsp3) is 0.692. The van der Waals surface area contributed by atoms with E-state index >= 15 is 0 Å². The molecule has 0 saturated carbocycles. The highest BCUT2D eigenvalue weighted by atomic mass is 35.5. The second-order valence-corrected chi connectivity index (χ2v) is 5.70. The lowest BCUT2D eigenvalue weighted by Gasteiger charge is -2.22. The Morgan fingerprint density at radius 2 is 2.26 bits per heavy atom. The fourth-order valence-electron chi connectivity index (χ4n) is 3.08. The highest BCUT2D eigenvalue weighted by Gasteiger charge is 2.42. The zero-order valence-corrected chi connectivity index (χ0v) is 12.3. The van der Waals surface area contributed by atoms with Crippen molar-refractivity contribution in [1.82, 2.24) is 20.0 Å². The van der Waals surface area contributed by atoms with Crippen molar-refractivity contribution in [2.45, 2.75) is 19.8 Å². The summed E-state index contributed by atoms with van der Waals surface area (Å²) in [5, 5.41) is 7.69. The topological polar surface area (TPSA) is 50.2 Å². The lowest BCUT2D eigenvalue weighted by atomic mass is 9.87. The largest absolute Gasteiger partial charge is 0.337 e. The molecule has 0 aromatic carbocycles. The molecule has 3 heterocycles. The summed E-state index contributed by atoms with van der Waals surface area (Å²) in [6.45, 7) is 5.86. The van der Waals surface area contributed by atoms with Crippen LogP contribution in [0.3, 0.4) is 0 Å². The Morgan fingerprint density at radius 1 is 1.47 bits per heavy atom. The quantitative estimate of drug-likeness (QED) is 0.836. The van der Waals surface area contributed by atoms with Crippen LogP contribution in [0.2, 0.25) is 0 Å². The van der Waals surface area contributed by atoms with Gasteiger partial charge in [-0.2, -0.15) is 5.10 Å². The van der Waals surface area contributed by atoms with Crippen molar-refractivity contribution in [3.05, 3.63) is 17.5 Å². The first kappa shape index (κ1) is 14.3. The summed E-state index contributed by atoms with van der Waals surface area (Å²) in [7, 11) is 1.87. The van der Waals surface area contributed by atoms with E-state index in [2.05, 4.69) is 10.4 Å². The van der Waals surface area contributed by atoms with E-state index in [1.165, 1.54) is 6.42 Å². The highest BCUT2D eigenvalue weighted by Crippen LogP contribution is 2.36. The van der Waals surface area contributed by atoms with E-state index in [4.69, 9.17) is 0 Å². The average Bonchev–Trinajstić information content (AvgIpc) is 3.04. The molecular weight excluding hydrogens is 264 g/mol. The van der Waals surface area contributed by atoms with Gasteiger partial charge < -0.3 is 10.2 Å². The van der Waals surface area contributed by atoms with Crippen LogP contribution in [0.4, 0.5) is 0 Å². The number of hydrogen-bond donors (Lipinski definition) is 1. The number of aryl methyl sites for hydroxylation is 2. The molecule has 2 aliphatic heterocycles. The summed E-state index contributed by atoms with van der Waals surface area (Å²) >= 11 is 0. The second-order valence-electron chi connectivity index (χ2n) is 5.70. The van der Waals surface area contributed by atoms with E-state index in [0.29, 0.717) is 11.1 Å². The summed E-state index contributed by atoms with van der Waals surface area (Å²) in [6.07, 6.45) is 2.32. The molecule has 106 valence electrons. The summed E-state index contributed by atoms with van der Waals surface area (Å²) in [5.74, 6) is 0.0856. The van der Waals surface area contributed by atoms with Crippen LogP contribution in [-0.4, -0.2) is 46.8 Å². The summed E-state index contributed by atoms with van der Waals surface area (Å²) in [5.41, 5.74) is 1.94. The van der Waals surface area contributed by atoms with E-state index in [9.17, 15) is 4.79 Å². The van der Waals surface area contributed by atoms with Gasteiger partial charge in [0.1, 0.15) is 0 Å². The Labute approximate surface area is 119 Å². The number of carbonyl (C=O) groups is 1. The van der Waals surface area contributed by atoms with Crippen molar-refractivity contribution >= 4 is 18.3 Å². The van der Waals surface area contributed by atoms with Crippen molar-refractivity contribution in [3.8, 4) is 0 Å². The van der Waals surface area contributed by atoms with Crippen LogP contribution in [0.1, 0.15) is 29.0 Å². The normalized spacial score (nSPS) is 25.9. The molecule has 19 heavy (non-hydrogen) atoms. The van der Waals surface area contributed by atoms with Gasteiger partial charge >= 0.3 is 0 Å². The zero-order chi connectivity index (χ0) is 12.8. The molecule has 0 aliphatic carbocycles. The maximum absolute atomic E-state index is 12.4. The van der Waals surface area contributed by atoms with Crippen molar-refractivity contribution in [3.63, 3.8) is 0 Å². The van der Waals surface area contributed by atoms with Crippen molar-refractivity contribution < 1.29 is 4.79 Å². The maximum atomic E-state index is 12.4. The lowest BCUT2D eigenvalue weighted by Crippen LogP contribution is -2.33. The van der Waals surface area contributed by atoms with Crippen molar-refractivity contribution in [2.24, 2.45) is 12.5 Å². The van der Waals surface area contributed by atoms with E-state index in [0.717, 1.165) is 38.3 Å². The lowest BCUT2D eigenvalue weighted by molar-refractivity contribution is 0.0769. The summed E-state index contributed by atoms with van der Waals surface area (Å²) in [6, 6.07) is 1.88. The number of aromatic nitrogens is 2. The van der Waals surface area contributed by atoms with Crippen LogP contribution in [0.15, 0.2) is 6.07 Å². The molecule has 1 spiro atoms.